The van der Waals surface area contributed by atoms with Crippen molar-refractivity contribution in [2.45, 2.75) is 0 Å². The predicted molar refractivity (Wildman–Crippen MR) is 103 cm³/mol. The molecule has 26 heavy (non-hydrogen) atoms. The van der Waals surface area contributed by atoms with Gasteiger partial charge in [0.25, 0.3) is 11.8 Å². The number of nitrogens with one attached hydrogen (secondary N) is 1. The average molecular weight is 384 g/mol. The van der Waals surface area contributed by atoms with Crippen LogP contribution in [-0.2, 0) is 9.59 Å². The molecule has 0 saturated heterocycles. The molecule has 7 heteroatoms. The van der Waals surface area contributed by atoms with Crippen molar-refractivity contribution in [3.05, 3.63) is 69.9 Å². The Morgan fingerprint density at radius 1 is 0.885 bits per heavy atom. The molecule has 0 bridgehead atoms. The summed E-state index contributed by atoms with van der Waals surface area (Å²) in [6.45, 7) is 0. The Morgan fingerprint density at radius 3 is 2.31 bits per heavy atom. The number of carbonyl (C=O) groups excluding carboxylic acids is 2. The molecule has 0 aliphatic carbocycles. The van der Waals surface area contributed by atoms with Crippen LogP contribution in [0.25, 0.3) is 23.1 Å². The van der Waals surface area contributed by atoms with E-state index in [2.05, 4.69) is 10.2 Å². The Kier molecular flexibility index (Phi) is 4.11. The molecule has 0 saturated carbocycles. The first-order valence-electron chi connectivity index (χ1n) is 7.72. The standard InChI is InChI=1S/C19H11Cl2N3O2/c20-16-17(21)19(26)24(18(16)25)15-8-4-1-5-11(15)9-10-14-12-6-2-3-7-13(12)22-23-14/h1-10H,(H,22,23). The molecule has 2 aromatic carbocycles. The van der Waals surface area contributed by atoms with Gasteiger partial charge in [-0.3, -0.25) is 14.7 Å². The molecule has 2 amide bonds. The second-order valence-corrected chi connectivity index (χ2v) is 6.38. The zero-order valence-electron chi connectivity index (χ0n) is 13.2. The zero-order valence-corrected chi connectivity index (χ0v) is 14.8. The van der Waals surface area contributed by atoms with Gasteiger partial charge < -0.3 is 0 Å². The number of fused-ring (bicyclic) bond motifs is 1. The average Bonchev–Trinajstić information content (AvgIpc) is 3.16. The first kappa shape index (κ1) is 16.6. The summed E-state index contributed by atoms with van der Waals surface area (Å²) in [6.07, 6.45) is 3.61. The van der Waals surface area contributed by atoms with Crippen LogP contribution in [0.2, 0.25) is 0 Å². The largest absolute Gasteiger partial charge is 0.278 e. The van der Waals surface area contributed by atoms with Crippen LogP contribution in [0.4, 0.5) is 5.69 Å². The number of rotatable bonds is 3. The number of aromatic nitrogens is 2. The molecule has 0 spiro atoms. The highest BCUT2D eigenvalue weighted by molar-refractivity contribution is 6.62. The van der Waals surface area contributed by atoms with Crippen LogP contribution >= 0.6 is 23.2 Å². The van der Waals surface area contributed by atoms with E-state index in [1.807, 2.05) is 36.4 Å². The van der Waals surface area contributed by atoms with E-state index in [4.69, 9.17) is 23.2 Å². The lowest BCUT2D eigenvalue weighted by Gasteiger charge is -2.16. The number of anilines is 1. The van der Waals surface area contributed by atoms with Crippen LogP contribution in [0.1, 0.15) is 11.3 Å². The number of benzene rings is 2. The van der Waals surface area contributed by atoms with Gasteiger partial charge in [0.2, 0.25) is 0 Å². The highest BCUT2D eigenvalue weighted by atomic mass is 35.5. The molecule has 128 valence electrons. The fourth-order valence-corrected chi connectivity index (χ4v) is 3.14. The maximum Gasteiger partial charge on any atom is 0.278 e. The molecule has 3 aromatic rings. The lowest BCUT2D eigenvalue weighted by Crippen LogP contribution is -2.31. The summed E-state index contributed by atoms with van der Waals surface area (Å²) >= 11 is 11.7. The fourth-order valence-electron chi connectivity index (χ4n) is 2.81. The van der Waals surface area contributed by atoms with Gasteiger partial charge in [-0.1, -0.05) is 65.7 Å². The lowest BCUT2D eigenvalue weighted by atomic mass is 10.1. The number of hydrogen-bond acceptors (Lipinski definition) is 3. The number of hydrogen-bond donors (Lipinski definition) is 1. The van der Waals surface area contributed by atoms with Crippen molar-refractivity contribution in [3.63, 3.8) is 0 Å². The van der Waals surface area contributed by atoms with Crippen LogP contribution in [-0.4, -0.2) is 22.0 Å². The molecular formula is C19H11Cl2N3O2. The summed E-state index contributed by atoms with van der Waals surface area (Å²) in [5.74, 6) is -1.26. The monoisotopic (exact) mass is 383 g/mol. The van der Waals surface area contributed by atoms with Crippen molar-refractivity contribution in [1.82, 2.24) is 10.2 Å². The Bertz CT molecular complexity index is 1090. The second kappa shape index (κ2) is 6.44. The molecule has 1 aromatic heterocycles. The van der Waals surface area contributed by atoms with Gasteiger partial charge in [-0.2, -0.15) is 5.10 Å². The number of H-pyrrole nitrogens is 1. The van der Waals surface area contributed by atoms with Crippen LogP contribution in [0.3, 0.4) is 0 Å². The first-order chi connectivity index (χ1) is 12.6. The van der Waals surface area contributed by atoms with Gasteiger partial charge >= 0.3 is 0 Å². The van der Waals surface area contributed by atoms with E-state index in [0.717, 1.165) is 21.5 Å². The summed E-state index contributed by atoms with van der Waals surface area (Å²) in [5.41, 5.74) is 2.75. The highest BCUT2D eigenvalue weighted by Crippen LogP contribution is 2.33. The Balaban J connectivity index is 1.73. The maximum atomic E-state index is 12.3. The SMILES string of the molecule is O=C1C(Cl)=C(Cl)C(=O)N1c1ccccc1C=Cc1n[nH]c2ccccc12. The third-order valence-corrected chi connectivity index (χ3v) is 4.87. The third-order valence-electron chi connectivity index (χ3n) is 4.07. The van der Waals surface area contributed by atoms with Crippen LogP contribution < -0.4 is 4.90 Å². The Hall–Kier alpha value is -2.89. The number of nitrogens with zero attached hydrogens (tertiary/aromatic N) is 2. The van der Waals surface area contributed by atoms with E-state index in [9.17, 15) is 9.59 Å². The van der Waals surface area contributed by atoms with Crippen molar-refractivity contribution >= 4 is 63.8 Å². The van der Waals surface area contributed by atoms with Gasteiger partial charge in [0.05, 0.1) is 16.9 Å². The van der Waals surface area contributed by atoms with E-state index >= 15 is 0 Å². The smallest absolute Gasteiger partial charge is 0.277 e. The van der Waals surface area contributed by atoms with Gasteiger partial charge in [0, 0.05) is 5.39 Å². The summed E-state index contributed by atoms with van der Waals surface area (Å²) in [7, 11) is 0. The molecule has 2 heterocycles. The molecular weight excluding hydrogens is 373 g/mol. The quantitative estimate of drug-likeness (QED) is 0.685. The summed E-state index contributed by atoms with van der Waals surface area (Å²) in [6, 6.07) is 14.8. The van der Waals surface area contributed by atoms with Crippen LogP contribution in [0.15, 0.2) is 58.6 Å². The Morgan fingerprint density at radius 2 is 1.54 bits per heavy atom. The topological polar surface area (TPSA) is 66.1 Å². The summed E-state index contributed by atoms with van der Waals surface area (Å²) < 4.78 is 0. The van der Waals surface area contributed by atoms with Crippen molar-refractivity contribution in [2.24, 2.45) is 0 Å². The van der Waals surface area contributed by atoms with E-state index in [1.165, 1.54) is 0 Å². The summed E-state index contributed by atoms with van der Waals surface area (Å²) in [5, 5.41) is 7.68. The second-order valence-electron chi connectivity index (χ2n) is 5.62. The molecule has 4 rings (SSSR count). The summed E-state index contributed by atoms with van der Waals surface area (Å²) in [4.78, 5) is 25.5. The predicted octanol–water partition coefficient (Wildman–Crippen LogP) is 4.30. The van der Waals surface area contributed by atoms with E-state index in [-0.39, 0.29) is 10.1 Å². The normalized spacial score (nSPS) is 15.1. The van der Waals surface area contributed by atoms with Gasteiger partial charge in [0.1, 0.15) is 10.1 Å². The molecule has 0 atom stereocenters. The molecule has 1 N–H and O–H groups in total. The van der Waals surface area contributed by atoms with E-state index in [0.29, 0.717) is 11.3 Å². The minimum atomic E-state index is -0.632. The van der Waals surface area contributed by atoms with E-state index in [1.54, 1.807) is 24.3 Å². The van der Waals surface area contributed by atoms with Crippen LogP contribution in [0, 0.1) is 0 Å². The van der Waals surface area contributed by atoms with Crippen molar-refractivity contribution in [2.75, 3.05) is 4.90 Å². The van der Waals surface area contributed by atoms with E-state index < -0.39 is 11.8 Å². The number of imide groups is 1. The van der Waals surface area contributed by atoms with Crippen molar-refractivity contribution in [1.29, 1.82) is 0 Å². The molecule has 0 fully saturated rings. The lowest BCUT2D eigenvalue weighted by molar-refractivity contribution is -0.120. The number of para-hydroxylation sites is 2. The molecule has 5 nitrogen and oxygen atoms in total. The van der Waals surface area contributed by atoms with Gasteiger partial charge in [-0.05, 0) is 23.8 Å². The van der Waals surface area contributed by atoms with Crippen LogP contribution in [0.5, 0.6) is 0 Å². The van der Waals surface area contributed by atoms with Gasteiger partial charge in [-0.25, -0.2) is 4.90 Å². The molecule has 1 aliphatic rings. The minimum Gasteiger partial charge on any atom is -0.277 e. The number of amides is 2. The molecule has 0 radical (unpaired) electrons. The molecule has 1 aliphatic heterocycles. The number of carbonyl (C=O) groups is 2. The fraction of sp³-hybridized carbons (Fsp3) is 0. The number of halogens is 2. The van der Waals surface area contributed by atoms with Gasteiger partial charge in [0.15, 0.2) is 0 Å². The van der Waals surface area contributed by atoms with Crippen molar-refractivity contribution in [3.8, 4) is 0 Å². The number of aromatic amines is 1. The highest BCUT2D eigenvalue weighted by Gasteiger charge is 2.38. The minimum absolute atomic E-state index is 0.270. The molecule has 0 unspecified atom stereocenters. The zero-order chi connectivity index (χ0) is 18.3. The first-order valence-corrected chi connectivity index (χ1v) is 8.48. The third kappa shape index (κ3) is 2.62. The van der Waals surface area contributed by atoms with Crippen molar-refractivity contribution < 1.29 is 9.59 Å². The van der Waals surface area contributed by atoms with Gasteiger partial charge in [-0.15, -0.1) is 0 Å². The Labute approximate surface area is 158 Å². The maximum absolute atomic E-state index is 12.3.